The average molecular weight is 468 g/mol. The lowest BCUT2D eigenvalue weighted by Gasteiger charge is -2.14. The van der Waals surface area contributed by atoms with Crippen molar-refractivity contribution in [2.45, 2.75) is 33.3 Å². The summed E-state index contributed by atoms with van der Waals surface area (Å²) >= 11 is 7.55. The second kappa shape index (κ2) is 9.15. The maximum Gasteiger partial charge on any atom is 0.257 e. The van der Waals surface area contributed by atoms with Crippen molar-refractivity contribution < 1.29 is 9.53 Å². The first kappa shape index (κ1) is 19.7. The van der Waals surface area contributed by atoms with E-state index in [1.165, 1.54) is 0 Å². The lowest BCUT2D eigenvalue weighted by molar-refractivity contribution is 0.0977. The van der Waals surface area contributed by atoms with Gasteiger partial charge in [-0.2, -0.15) is 0 Å². The van der Waals surface area contributed by atoms with Crippen molar-refractivity contribution in [1.82, 2.24) is 5.32 Å². The third kappa shape index (κ3) is 5.97. The van der Waals surface area contributed by atoms with Crippen LogP contribution in [0.15, 0.2) is 42.5 Å². The Hall–Kier alpha value is -1.67. The van der Waals surface area contributed by atoms with Gasteiger partial charge in [0, 0.05) is 14.8 Å². The van der Waals surface area contributed by atoms with Gasteiger partial charge < -0.3 is 10.1 Å². The molecular formula is C19H21IN2O2S. The molecule has 4 nitrogen and oxygen atoms in total. The van der Waals surface area contributed by atoms with Crippen LogP contribution in [0.5, 0.6) is 5.75 Å². The number of benzene rings is 2. The van der Waals surface area contributed by atoms with Crippen molar-refractivity contribution in [2.24, 2.45) is 0 Å². The van der Waals surface area contributed by atoms with E-state index in [4.69, 9.17) is 17.0 Å². The van der Waals surface area contributed by atoms with Crippen LogP contribution in [-0.2, 0) is 6.42 Å². The number of carbonyl (C=O) groups is 1. The molecule has 0 saturated heterocycles. The molecule has 0 bridgehead atoms. The highest BCUT2D eigenvalue weighted by molar-refractivity contribution is 14.1. The number of hydrogen-bond donors (Lipinski definition) is 2. The summed E-state index contributed by atoms with van der Waals surface area (Å²) in [4.78, 5) is 12.4. The van der Waals surface area contributed by atoms with E-state index in [0.717, 1.165) is 21.2 Å². The van der Waals surface area contributed by atoms with Crippen molar-refractivity contribution in [3.05, 3.63) is 57.2 Å². The highest BCUT2D eigenvalue weighted by Crippen LogP contribution is 2.19. The van der Waals surface area contributed by atoms with E-state index in [0.29, 0.717) is 11.3 Å². The Morgan fingerprint density at radius 3 is 2.68 bits per heavy atom. The zero-order valence-corrected chi connectivity index (χ0v) is 17.4. The van der Waals surface area contributed by atoms with E-state index in [1.807, 2.05) is 32.0 Å². The van der Waals surface area contributed by atoms with E-state index in [1.54, 1.807) is 18.2 Å². The molecule has 0 atom stereocenters. The van der Waals surface area contributed by atoms with E-state index in [-0.39, 0.29) is 17.1 Å². The third-order valence-corrected chi connectivity index (χ3v) is 4.27. The molecule has 2 aromatic carbocycles. The second-order valence-electron chi connectivity index (χ2n) is 5.76. The molecule has 0 radical (unpaired) electrons. The van der Waals surface area contributed by atoms with Crippen LogP contribution < -0.4 is 15.4 Å². The molecule has 6 heteroatoms. The largest absolute Gasteiger partial charge is 0.491 e. The topological polar surface area (TPSA) is 50.4 Å². The zero-order chi connectivity index (χ0) is 18.4. The predicted molar refractivity (Wildman–Crippen MR) is 114 cm³/mol. The summed E-state index contributed by atoms with van der Waals surface area (Å²) in [6, 6.07) is 13.1. The minimum absolute atomic E-state index is 0.0504. The first-order valence-corrected chi connectivity index (χ1v) is 9.55. The first-order valence-electron chi connectivity index (χ1n) is 8.06. The molecule has 0 aliphatic carbocycles. The fourth-order valence-corrected chi connectivity index (χ4v) is 3.05. The third-order valence-electron chi connectivity index (χ3n) is 3.39. The predicted octanol–water partition coefficient (Wildman–Crippen LogP) is 4.77. The van der Waals surface area contributed by atoms with Crippen LogP contribution in [0.3, 0.4) is 0 Å². The van der Waals surface area contributed by atoms with Crippen molar-refractivity contribution in [3.63, 3.8) is 0 Å². The second-order valence-corrected chi connectivity index (χ2v) is 7.41. The summed E-state index contributed by atoms with van der Waals surface area (Å²) in [5, 5.41) is 6.09. The minimum atomic E-state index is -0.268. The van der Waals surface area contributed by atoms with E-state index >= 15 is 0 Å². The van der Waals surface area contributed by atoms with Crippen LogP contribution in [0.1, 0.15) is 36.7 Å². The SMILES string of the molecule is CCc1cc(I)ccc1NC(=S)NC(=O)c1cccc(OC(C)C)c1. The minimum Gasteiger partial charge on any atom is -0.491 e. The number of nitrogens with one attached hydrogen (secondary N) is 2. The van der Waals surface area contributed by atoms with Gasteiger partial charge in [-0.15, -0.1) is 0 Å². The van der Waals surface area contributed by atoms with Crippen molar-refractivity contribution in [1.29, 1.82) is 0 Å². The molecule has 0 heterocycles. The maximum atomic E-state index is 12.4. The number of anilines is 1. The van der Waals surface area contributed by atoms with Gasteiger partial charge in [0.1, 0.15) is 5.75 Å². The lowest BCUT2D eigenvalue weighted by Crippen LogP contribution is -2.34. The molecule has 1 amide bonds. The summed E-state index contributed by atoms with van der Waals surface area (Å²) in [6.07, 6.45) is 0.930. The van der Waals surface area contributed by atoms with Crippen LogP contribution in [-0.4, -0.2) is 17.1 Å². The van der Waals surface area contributed by atoms with E-state index in [2.05, 4.69) is 46.2 Å². The molecule has 0 saturated carbocycles. The number of thiocarbonyl (C=S) groups is 1. The number of rotatable bonds is 5. The Balaban J connectivity index is 2.04. The van der Waals surface area contributed by atoms with E-state index in [9.17, 15) is 4.79 Å². The maximum absolute atomic E-state index is 12.4. The summed E-state index contributed by atoms with van der Waals surface area (Å²) in [5.74, 6) is 0.391. The monoisotopic (exact) mass is 468 g/mol. The lowest BCUT2D eigenvalue weighted by atomic mass is 10.1. The Morgan fingerprint density at radius 2 is 2.00 bits per heavy atom. The number of amides is 1. The van der Waals surface area contributed by atoms with Crippen molar-refractivity contribution >= 4 is 51.5 Å². The standard InChI is InChI=1S/C19H21IN2O2S/c1-4-13-10-15(20)8-9-17(13)21-19(25)22-18(23)14-6-5-7-16(11-14)24-12(2)3/h5-12H,4H2,1-3H3,(H2,21,22,23,25). The fraction of sp³-hybridized carbons (Fsp3) is 0.263. The normalized spacial score (nSPS) is 10.4. The summed E-state index contributed by atoms with van der Waals surface area (Å²) in [5.41, 5.74) is 2.56. The molecule has 0 unspecified atom stereocenters. The van der Waals surface area contributed by atoms with Gasteiger partial charge in [0.15, 0.2) is 5.11 Å². The molecule has 132 valence electrons. The van der Waals surface area contributed by atoms with Crippen LogP contribution in [0.2, 0.25) is 0 Å². The Morgan fingerprint density at radius 1 is 1.24 bits per heavy atom. The number of aryl methyl sites for hydroxylation is 1. The van der Waals surface area contributed by atoms with Crippen molar-refractivity contribution in [2.75, 3.05) is 5.32 Å². The molecule has 0 aliphatic heterocycles. The van der Waals surface area contributed by atoms with Crippen LogP contribution in [0, 0.1) is 3.57 Å². The molecule has 0 spiro atoms. The van der Waals surface area contributed by atoms with Gasteiger partial charge in [-0.1, -0.05) is 13.0 Å². The summed E-state index contributed by atoms with van der Waals surface area (Å²) in [7, 11) is 0. The molecule has 2 N–H and O–H groups in total. The Kier molecular flexibility index (Phi) is 7.19. The van der Waals surface area contributed by atoms with Gasteiger partial charge in [0.25, 0.3) is 5.91 Å². The highest BCUT2D eigenvalue weighted by Gasteiger charge is 2.11. The van der Waals surface area contributed by atoms with E-state index < -0.39 is 0 Å². The molecule has 0 aromatic heterocycles. The molecule has 0 aliphatic rings. The smallest absolute Gasteiger partial charge is 0.257 e. The number of halogens is 1. The first-order chi connectivity index (χ1) is 11.9. The number of hydrogen-bond acceptors (Lipinski definition) is 3. The van der Waals surface area contributed by atoms with Crippen LogP contribution in [0.25, 0.3) is 0 Å². The number of carbonyl (C=O) groups excluding carboxylic acids is 1. The van der Waals surface area contributed by atoms with Crippen LogP contribution in [0.4, 0.5) is 5.69 Å². The summed E-state index contributed by atoms with van der Waals surface area (Å²) in [6.45, 7) is 5.97. The van der Waals surface area contributed by atoms with Gasteiger partial charge in [0.2, 0.25) is 0 Å². The molecule has 0 fully saturated rings. The van der Waals surface area contributed by atoms with Gasteiger partial charge in [-0.3, -0.25) is 10.1 Å². The quantitative estimate of drug-likeness (QED) is 0.491. The van der Waals surface area contributed by atoms with Crippen LogP contribution >= 0.6 is 34.8 Å². The van der Waals surface area contributed by atoms with Crippen molar-refractivity contribution in [3.8, 4) is 5.75 Å². The van der Waals surface area contributed by atoms with Gasteiger partial charge >= 0.3 is 0 Å². The Labute approximate surface area is 167 Å². The zero-order valence-electron chi connectivity index (χ0n) is 14.4. The summed E-state index contributed by atoms with van der Waals surface area (Å²) < 4.78 is 6.78. The highest BCUT2D eigenvalue weighted by atomic mass is 127. The van der Waals surface area contributed by atoms with Gasteiger partial charge in [-0.05, 0) is 97.0 Å². The molecular weight excluding hydrogens is 447 g/mol. The fourth-order valence-electron chi connectivity index (χ4n) is 2.29. The van der Waals surface area contributed by atoms with Gasteiger partial charge in [-0.25, -0.2) is 0 Å². The molecule has 25 heavy (non-hydrogen) atoms. The average Bonchev–Trinajstić information content (AvgIpc) is 2.56. The van der Waals surface area contributed by atoms with Gasteiger partial charge in [0.05, 0.1) is 6.10 Å². The molecule has 2 aromatic rings. The number of ether oxygens (including phenoxy) is 1. The Bertz CT molecular complexity index is 778. The molecule has 2 rings (SSSR count).